The number of hydrogen-bond acceptors (Lipinski definition) is 4. The third-order valence-corrected chi connectivity index (χ3v) is 6.36. The van der Waals surface area contributed by atoms with Crippen LogP contribution in [0, 0.1) is 5.92 Å². The maximum absolute atomic E-state index is 12.0. The van der Waals surface area contributed by atoms with Crippen LogP contribution in [-0.2, 0) is 11.3 Å². The second-order valence-corrected chi connectivity index (χ2v) is 8.56. The number of rotatable bonds is 8. The number of thioether (sulfide) groups is 1. The van der Waals surface area contributed by atoms with E-state index in [2.05, 4.69) is 44.8 Å². The highest BCUT2D eigenvalue weighted by molar-refractivity contribution is 14.0. The third-order valence-electron chi connectivity index (χ3n) is 5.12. The molecule has 2 amide bonds. The van der Waals surface area contributed by atoms with Gasteiger partial charge in [-0.05, 0) is 42.2 Å². The van der Waals surface area contributed by atoms with Gasteiger partial charge in [0.1, 0.15) is 0 Å². The summed E-state index contributed by atoms with van der Waals surface area (Å²) in [6.45, 7) is 2.45. The van der Waals surface area contributed by atoms with Crippen molar-refractivity contribution in [1.82, 2.24) is 15.5 Å². The standard InChI is InChI=1S/C23H29N5O2S.HI/c1-25-23(28-12-11-18(15-28)16-31-20-5-3-2-4-6-20)27-13-17-7-9-19(10-8-17)22(30)26-14-21(24)29;/h2-10,18H,11-16H2,1H3,(H2,24,29)(H,25,27)(H,26,30);1H. The summed E-state index contributed by atoms with van der Waals surface area (Å²) in [7, 11) is 1.81. The Labute approximate surface area is 210 Å². The largest absolute Gasteiger partial charge is 0.368 e. The predicted octanol–water partition coefficient (Wildman–Crippen LogP) is 2.71. The molecule has 1 aliphatic rings. The summed E-state index contributed by atoms with van der Waals surface area (Å²) >= 11 is 1.91. The second kappa shape index (κ2) is 13.3. The van der Waals surface area contributed by atoms with Crippen LogP contribution in [-0.4, -0.2) is 55.1 Å². The summed E-state index contributed by atoms with van der Waals surface area (Å²) < 4.78 is 0. The molecule has 32 heavy (non-hydrogen) atoms. The molecule has 1 aliphatic heterocycles. The molecule has 0 spiro atoms. The monoisotopic (exact) mass is 567 g/mol. The van der Waals surface area contributed by atoms with Gasteiger partial charge in [0.15, 0.2) is 5.96 Å². The molecule has 1 unspecified atom stereocenters. The predicted molar refractivity (Wildman–Crippen MR) is 140 cm³/mol. The first-order valence-corrected chi connectivity index (χ1v) is 11.3. The van der Waals surface area contributed by atoms with Gasteiger partial charge < -0.3 is 21.3 Å². The first-order valence-electron chi connectivity index (χ1n) is 10.3. The zero-order chi connectivity index (χ0) is 22.1. The highest BCUT2D eigenvalue weighted by atomic mass is 127. The first-order chi connectivity index (χ1) is 15.0. The Balaban J connectivity index is 0.00000363. The van der Waals surface area contributed by atoms with Crippen molar-refractivity contribution < 1.29 is 9.59 Å². The highest BCUT2D eigenvalue weighted by Gasteiger charge is 2.24. The van der Waals surface area contributed by atoms with Gasteiger partial charge in [0.2, 0.25) is 5.91 Å². The van der Waals surface area contributed by atoms with E-state index in [0.29, 0.717) is 18.0 Å². The van der Waals surface area contributed by atoms with Gasteiger partial charge in [-0.15, -0.1) is 35.7 Å². The Kier molecular flexibility index (Phi) is 10.8. The number of benzene rings is 2. The van der Waals surface area contributed by atoms with Crippen LogP contribution in [0.1, 0.15) is 22.3 Å². The highest BCUT2D eigenvalue weighted by Crippen LogP contribution is 2.25. The Morgan fingerprint density at radius 2 is 1.84 bits per heavy atom. The van der Waals surface area contributed by atoms with Crippen LogP contribution in [0.5, 0.6) is 0 Å². The Morgan fingerprint density at radius 3 is 2.50 bits per heavy atom. The number of carbonyl (C=O) groups is 2. The van der Waals surface area contributed by atoms with Gasteiger partial charge in [0, 0.05) is 42.9 Å². The molecule has 172 valence electrons. The normalized spacial score (nSPS) is 15.7. The van der Waals surface area contributed by atoms with Crippen LogP contribution in [0.15, 0.2) is 64.5 Å². The number of primary amides is 1. The van der Waals surface area contributed by atoms with E-state index in [1.807, 2.05) is 30.0 Å². The summed E-state index contributed by atoms with van der Waals surface area (Å²) in [5.74, 6) is 1.77. The number of nitrogens with zero attached hydrogens (tertiary/aromatic N) is 2. The zero-order valence-corrected chi connectivity index (χ0v) is 21.3. The van der Waals surface area contributed by atoms with E-state index in [1.165, 1.54) is 4.90 Å². The fourth-order valence-corrected chi connectivity index (χ4v) is 4.50. The number of aliphatic imine (C=N–C) groups is 1. The van der Waals surface area contributed by atoms with Crippen molar-refractivity contribution >= 4 is 53.5 Å². The van der Waals surface area contributed by atoms with Gasteiger partial charge in [-0.3, -0.25) is 14.6 Å². The quantitative estimate of drug-likeness (QED) is 0.197. The van der Waals surface area contributed by atoms with E-state index in [9.17, 15) is 9.59 Å². The smallest absolute Gasteiger partial charge is 0.251 e. The van der Waals surface area contributed by atoms with Crippen LogP contribution in [0.3, 0.4) is 0 Å². The maximum atomic E-state index is 12.0. The molecule has 3 rings (SSSR count). The van der Waals surface area contributed by atoms with Gasteiger partial charge in [0.05, 0.1) is 6.54 Å². The number of guanidine groups is 1. The lowest BCUT2D eigenvalue weighted by Gasteiger charge is -2.22. The van der Waals surface area contributed by atoms with Crippen LogP contribution in [0.25, 0.3) is 0 Å². The third kappa shape index (κ3) is 8.01. The number of carbonyl (C=O) groups excluding carboxylic acids is 2. The fraction of sp³-hybridized carbons (Fsp3) is 0.348. The number of nitrogens with one attached hydrogen (secondary N) is 2. The number of likely N-dealkylation sites (tertiary alicyclic amines) is 1. The molecule has 0 bridgehead atoms. The van der Waals surface area contributed by atoms with Crippen molar-refractivity contribution in [2.45, 2.75) is 17.9 Å². The SMILES string of the molecule is CN=C(NCc1ccc(C(=O)NCC(N)=O)cc1)N1CCC(CSc2ccccc2)C1.I. The zero-order valence-electron chi connectivity index (χ0n) is 18.1. The summed E-state index contributed by atoms with van der Waals surface area (Å²) in [5.41, 5.74) is 6.59. The topological polar surface area (TPSA) is 99.8 Å². The molecule has 0 aromatic heterocycles. The second-order valence-electron chi connectivity index (χ2n) is 7.47. The number of halogens is 1. The van der Waals surface area contributed by atoms with E-state index in [0.717, 1.165) is 36.8 Å². The molecule has 0 saturated carbocycles. The van der Waals surface area contributed by atoms with Crippen molar-refractivity contribution in [2.75, 3.05) is 32.4 Å². The van der Waals surface area contributed by atoms with E-state index in [-0.39, 0.29) is 36.4 Å². The molecule has 4 N–H and O–H groups in total. The maximum Gasteiger partial charge on any atom is 0.251 e. The molecule has 0 aliphatic carbocycles. The van der Waals surface area contributed by atoms with Crippen LogP contribution in [0.4, 0.5) is 0 Å². The number of hydrogen-bond donors (Lipinski definition) is 3. The molecule has 1 saturated heterocycles. The molecule has 1 fully saturated rings. The summed E-state index contributed by atoms with van der Waals surface area (Å²) in [6.07, 6.45) is 1.16. The lowest BCUT2D eigenvalue weighted by Crippen LogP contribution is -2.39. The van der Waals surface area contributed by atoms with Crippen LogP contribution in [0.2, 0.25) is 0 Å². The van der Waals surface area contributed by atoms with Crippen LogP contribution >= 0.6 is 35.7 Å². The van der Waals surface area contributed by atoms with Gasteiger partial charge in [-0.2, -0.15) is 0 Å². The molecular formula is C23H30IN5O2S. The molecule has 2 aromatic rings. The van der Waals surface area contributed by atoms with Crippen molar-refractivity contribution in [2.24, 2.45) is 16.6 Å². The average Bonchev–Trinajstić information content (AvgIpc) is 3.26. The number of amides is 2. The lowest BCUT2D eigenvalue weighted by atomic mass is 10.1. The lowest BCUT2D eigenvalue weighted by molar-refractivity contribution is -0.117. The summed E-state index contributed by atoms with van der Waals surface area (Å²) in [5, 5.41) is 5.90. The van der Waals surface area contributed by atoms with Crippen molar-refractivity contribution in [1.29, 1.82) is 0 Å². The minimum atomic E-state index is -0.566. The van der Waals surface area contributed by atoms with E-state index < -0.39 is 5.91 Å². The van der Waals surface area contributed by atoms with Crippen LogP contribution < -0.4 is 16.4 Å². The Morgan fingerprint density at radius 1 is 1.12 bits per heavy atom. The molecule has 1 heterocycles. The fourth-order valence-electron chi connectivity index (χ4n) is 3.45. The molecule has 7 nitrogen and oxygen atoms in total. The van der Waals surface area contributed by atoms with E-state index >= 15 is 0 Å². The molecular weight excluding hydrogens is 537 g/mol. The first kappa shape index (κ1) is 26.0. The summed E-state index contributed by atoms with van der Waals surface area (Å²) in [4.78, 5) is 30.8. The number of nitrogens with two attached hydrogens (primary N) is 1. The molecule has 9 heteroatoms. The Hall–Kier alpha value is -2.27. The van der Waals surface area contributed by atoms with Gasteiger partial charge in [0.25, 0.3) is 5.91 Å². The van der Waals surface area contributed by atoms with Crippen molar-refractivity contribution in [3.8, 4) is 0 Å². The van der Waals surface area contributed by atoms with Gasteiger partial charge >= 0.3 is 0 Å². The van der Waals surface area contributed by atoms with E-state index in [4.69, 9.17) is 5.73 Å². The molecule has 1 atom stereocenters. The average molecular weight is 567 g/mol. The van der Waals surface area contributed by atoms with E-state index in [1.54, 1.807) is 19.2 Å². The van der Waals surface area contributed by atoms with Crippen molar-refractivity contribution in [3.05, 3.63) is 65.7 Å². The minimum Gasteiger partial charge on any atom is -0.368 e. The molecule has 0 radical (unpaired) electrons. The van der Waals surface area contributed by atoms with Gasteiger partial charge in [-0.1, -0.05) is 30.3 Å². The molecule has 2 aromatic carbocycles. The summed E-state index contributed by atoms with van der Waals surface area (Å²) in [6, 6.07) is 17.8. The van der Waals surface area contributed by atoms with Gasteiger partial charge in [-0.25, -0.2) is 0 Å². The van der Waals surface area contributed by atoms with Crippen molar-refractivity contribution in [3.63, 3.8) is 0 Å². The minimum absolute atomic E-state index is 0. The Bertz CT molecular complexity index is 908.